The molecule has 1 heterocycles. The van der Waals surface area contributed by atoms with Crippen molar-refractivity contribution in [1.29, 1.82) is 0 Å². The van der Waals surface area contributed by atoms with E-state index in [4.69, 9.17) is 0 Å². The number of hydrogen-bond acceptors (Lipinski definition) is 5. The maximum absolute atomic E-state index is 12.7. The van der Waals surface area contributed by atoms with Crippen molar-refractivity contribution in [2.45, 2.75) is 29.6 Å². The lowest BCUT2D eigenvalue weighted by molar-refractivity contribution is 0.263. The Labute approximate surface area is 138 Å². The van der Waals surface area contributed by atoms with Gasteiger partial charge in [-0.25, -0.2) is 16.8 Å². The van der Waals surface area contributed by atoms with Crippen molar-refractivity contribution in [3.05, 3.63) is 24.3 Å². The molecule has 1 N–H and O–H groups in total. The molecule has 0 bridgehead atoms. The summed E-state index contributed by atoms with van der Waals surface area (Å²) in [5.74, 6) is 0.306. The molecule has 1 aliphatic heterocycles. The van der Waals surface area contributed by atoms with Gasteiger partial charge in [-0.15, -0.1) is 0 Å². The summed E-state index contributed by atoms with van der Waals surface area (Å²) in [7, 11) is -5.03. The van der Waals surface area contributed by atoms with Crippen LogP contribution in [0.4, 0.5) is 0 Å². The van der Waals surface area contributed by atoms with Crippen LogP contribution in [0.25, 0.3) is 0 Å². The van der Waals surface area contributed by atoms with E-state index < -0.39 is 19.9 Å². The van der Waals surface area contributed by atoms with E-state index in [1.54, 1.807) is 6.92 Å². The van der Waals surface area contributed by atoms with Crippen molar-refractivity contribution in [2.75, 3.05) is 32.4 Å². The van der Waals surface area contributed by atoms with E-state index in [1.165, 1.54) is 28.6 Å². The summed E-state index contributed by atoms with van der Waals surface area (Å²) >= 11 is 0. The highest BCUT2D eigenvalue weighted by molar-refractivity contribution is 7.91. The number of nitrogens with one attached hydrogen (secondary N) is 1. The summed E-state index contributed by atoms with van der Waals surface area (Å²) < 4.78 is 50.6. The van der Waals surface area contributed by atoms with Crippen molar-refractivity contribution >= 4 is 19.9 Å². The van der Waals surface area contributed by atoms with Gasteiger partial charge in [0, 0.05) is 13.1 Å². The van der Waals surface area contributed by atoms with E-state index in [0.29, 0.717) is 19.0 Å². The van der Waals surface area contributed by atoms with E-state index in [0.717, 1.165) is 19.4 Å². The van der Waals surface area contributed by atoms with Crippen molar-refractivity contribution in [3.8, 4) is 0 Å². The second kappa shape index (κ2) is 7.29. The van der Waals surface area contributed by atoms with E-state index in [1.807, 2.05) is 7.05 Å². The molecule has 1 atom stereocenters. The summed E-state index contributed by atoms with van der Waals surface area (Å²) in [5, 5.41) is 3.09. The van der Waals surface area contributed by atoms with E-state index in [9.17, 15) is 16.8 Å². The average molecular weight is 361 g/mol. The highest BCUT2D eigenvalue weighted by Crippen LogP contribution is 2.24. The minimum Gasteiger partial charge on any atom is -0.319 e. The van der Waals surface area contributed by atoms with Gasteiger partial charge in [-0.2, -0.15) is 4.31 Å². The van der Waals surface area contributed by atoms with E-state index in [-0.39, 0.29) is 15.5 Å². The Morgan fingerprint density at radius 3 is 2.30 bits per heavy atom. The van der Waals surface area contributed by atoms with Gasteiger partial charge in [0.15, 0.2) is 9.84 Å². The number of benzene rings is 1. The summed E-state index contributed by atoms with van der Waals surface area (Å²) in [5.41, 5.74) is 0. The van der Waals surface area contributed by atoms with Crippen LogP contribution in [0.5, 0.6) is 0 Å². The molecule has 23 heavy (non-hydrogen) atoms. The zero-order valence-corrected chi connectivity index (χ0v) is 15.2. The largest absolute Gasteiger partial charge is 0.319 e. The van der Waals surface area contributed by atoms with Gasteiger partial charge in [0.25, 0.3) is 0 Å². The van der Waals surface area contributed by atoms with Gasteiger partial charge in [0.1, 0.15) is 0 Å². The molecule has 1 aromatic carbocycles. The van der Waals surface area contributed by atoms with Gasteiger partial charge in [0.2, 0.25) is 10.0 Å². The van der Waals surface area contributed by atoms with Crippen LogP contribution in [0, 0.1) is 5.92 Å². The Morgan fingerprint density at radius 2 is 1.74 bits per heavy atom. The molecule has 0 aliphatic carbocycles. The standard InChI is InChI=1S/C15H24N2O4S2/c1-3-22(18,19)14-6-8-15(9-7-14)23(20,21)17-10-4-5-13(12-17)11-16-2/h6-9,13,16H,3-5,10-12H2,1-2H3/t13-/m0/s1. The van der Waals surface area contributed by atoms with Crippen molar-refractivity contribution in [1.82, 2.24) is 9.62 Å². The second-order valence-corrected chi connectivity index (χ2v) is 10.0. The molecule has 1 saturated heterocycles. The number of hydrogen-bond donors (Lipinski definition) is 1. The monoisotopic (exact) mass is 360 g/mol. The Hall–Kier alpha value is -0.960. The number of rotatable bonds is 6. The smallest absolute Gasteiger partial charge is 0.243 e. The first-order valence-corrected chi connectivity index (χ1v) is 10.9. The highest BCUT2D eigenvalue weighted by Gasteiger charge is 2.30. The predicted molar refractivity (Wildman–Crippen MR) is 89.6 cm³/mol. The van der Waals surface area contributed by atoms with Crippen LogP contribution < -0.4 is 5.32 Å². The van der Waals surface area contributed by atoms with E-state index in [2.05, 4.69) is 5.32 Å². The molecule has 2 rings (SSSR count). The van der Waals surface area contributed by atoms with Crippen LogP contribution in [-0.4, -0.2) is 53.6 Å². The molecule has 0 aromatic heterocycles. The summed E-state index contributed by atoms with van der Waals surface area (Å²) in [4.78, 5) is 0.309. The zero-order valence-electron chi connectivity index (χ0n) is 13.5. The molecule has 0 amide bonds. The Balaban J connectivity index is 2.22. The molecule has 8 heteroatoms. The molecule has 1 fully saturated rings. The lowest BCUT2D eigenvalue weighted by atomic mass is 10.00. The van der Waals surface area contributed by atoms with Gasteiger partial charge in [-0.1, -0.05) is 6.92 Å². The highest BCUT2D eigenvalue weighted by atomic mass is 32.2. The third-order valence-electron chi connectivity index (χ3n) is 4.18. The van der Waals surface area contributed by atoms with Gasteiger partial charge in [-0.05, 0) is 56.6 Å². The third kappa shape index (κ3) is 4.12. The van der Waals surface area contributed by atoms with Crippen LogP contribution in [0.3, 0.4) is 0 Å². The van der Waals surface area contributed by atoms with Crippen LogP contribution >= 0.6 is 0 Å². The number of piperidine rings is 1. The minimum absolute atomic E-state index is 0.00306. The second-order valence-electron chi connectivity index (χ2n) is 5.80. The maximum atomic E-state index is 12.7. The average Bonchev–Trinajstić information content (AvgIpc) is 2.55. The molecule has 6 nitrogen and oxygen atoms in total. The molecule has 0 spiro atoms. The first-order chi connectivity index (χ1) is 10.8. The number of sulfone groups is 1. The quantitative estimate of drug-likeness (QED) is 0.821. The Morgan fingerprint density at radius 1 is 1.13 bits per heavy atom. The third-order valence-corrected chi connectivity index (χ3v) is 7.81. The lowest BCUT2D eigenvalue weighted by Crippen LogP contribution is -2.42. The Bertz CT molecular complexity index is 725. The maximum Gasteiger partial charge on any atom is 0.243 e. The molecule has 130 valence electrons. The molecule has 0 radical (unpaired) electrons. The summed E-state index contributed by atoms with van der Waals surface area (Å²) in [6.07, 6.45) is 1.86. The molecular formula is C15H24N2O4S2. The summed E-state index contributed by atoms with van der Waals surface area (Å²) in [6, 6.07) is 5.53. The van der Waals surface area contributed by atoms with Crippen molar-refractivity contribution in [2.24, 2.45) is 5.92 Å². The number of sulfonamides is 1. The topological polar surface area (TPSA) is 83.5 Å². The first kappa shape index (κ1) is 18.4. The fourth-order valence-corrected chi connectivity index (χ4v) is 5.27. The molecule has 0 unspecified atom stereocenters. The normalized spacial score (nSPS) is 20.5. The van der Waals surface area contributed by atoms with Gasteiger partial charge < -0.3 is 5.32 Å². The van der Waals surface area contributed by atoms with Crippen LogP contribution in [0.15, 0.2) is 34.1 Å². The SMILES string of the molecule is CCS(=O)(=O)c1ccc(S(=O)(=O)N2CCC[C@@H](CNC)C2)cc1. The van der Waals surface area contributed by atoms with Crippen LogP contribution in [0.1, 0.15) is 19.8 Å². The molecule has 1 aromatic rings. The molecule has 0 saturated carbocycles. The van der Waals surface area contributed by atoms with Gasteiger partial charge in [-0.3, -0.25) is 0 Å². The van der Waals surface area contributed by atoms with Crippen molar-refractivity contribution < 1.29 is 16.8 Å². The Kier molecular flexibility index (Phi) is 5.83. The zero-order chi connectivity index (χ0) is 17.1. The summed E-state index contributed by atoms with van der Waals surface area (Å²) in [6.45, 7) is 3.37. The fourth-order valence-electron chi connectivity index (χ4n) is 2.84. The van der Waals surface area contributed by atoms with Crippen molar-refractivity contribution in [3.63, 3.8) is 0 Å². The minimum atomic E-state index is -3.57. The van der Waals surface area contributed by atoms with E-state index >= 15 is 0 Å². The van der Waals surface area contributed by atoms with Gasteiger partial charge in [0.05, 0.1) is 15.5 Å². The van der Waals surface area contributed by atoms with Crippen LogP contribution in [0.2, 0.25) is 0 Å². The first-order valence-electron chi connectivity index (χ1n) is 7.79. The van der Waals surface area contributed by atoms with Crippen LogP contribution in [-0.2, 0) is 19.9 Å². The predicted octanol–water partition coefficient (Wildman–Crippen LogP) is 1.10. The van der Waals surface area contributed by atoms with Gasteiger partial charge >= 0.3 is 0 Å². The molecule has 1 aliphatic rings. The molecular weight excluding hydrogens is 336 g/mol. The lowest BCUT2D eigenvalue weighted by Gasteiger charge is -2.31. The number of nitrogens with zero attached hydrogens (tertiary/aromatic N) is 1. The fraction of sp³-hybridized carbons (Fsp3) is 0.600.